The average Bonchev–Trinajstić information content (AvgIpc) is 1.69. The molecule has 0 unspecified atom stereocenters. The number of nitrogens with zero attached hydrogens (tertiary/aromatic N) is 1. The Balaban J connectivity index is 2.92. The van der Waals surface area contributed by atoms with Gasteiger partial charge in [0.15, 0.2) is 0 Å². The van der Waals surface area contributed by atoms with E-state index in [1.165, 1.54) is 11.9 Å². The second kappa shape index (κ2) is 5.76. The standard InChI is InChI=1S/C5H9NS/c1-3-5-6-7-4-2/h4-5H,2-3H2,1H3/b6-5-. The van der Waals surface area contributed by atoms with Crippen LogP contribution in [0.15, 0.2) is 16.4 Å². The molecular formula is C5H9NS. The third kappa shape index (κ3) is 5.76. The fraction of sp³-hybridized carbons (Fsp3) is 0.400. The molecule has 1 nitrogen and oxygen atoms in total. The Kier molecular flexibility index (Phi) is 5.56. The SMILES string of the molecule is C=CS/N=C\CC. The minimum atomic E-state index is 1.00. The number of hydrogen-bond donors (Lipinski definition) is 0. The Morgan fingerprint density at radius 1 is 1.86 bits per heavy atom. The van der Waals surface area contributed by atoms with Gasteiger partial charge in [-0.25, -0.2) is 4.40 Å². The van der Waals surface area contributed by atoms with Gasteiger partial charge in [-0.05, 0) is 11.8 Å². The van der Waals surface area contributed by atoms with Crippen molar-refractivity contribution < 1.29 is 0 Å². The lowest BCUT2D eigenvalue weighted by molar-refractivity contribution is 1.33. The second-order valence-corrected chi connectivity index (χ2v) is 1.72. The van der Waals surface area contributed by atoms with Gasteiger partial charge in [-0.15, -0.1) is 0 Å². The van der Waals surface area contributed by atoms with Crippen molar-refractivity contribution >= 4 is 18.2 Å². The van der Waals surface area contributed by atoms with Gasteiger partial charge >= 0.3 is 0 Å². The molecule has 0 heterocycles. The van der Waals surface area contributed by atoms with Crippen LogP contribution in [0.1, 0.15) is 13.3 Å². The van der Waals surface area contributed by atoms with E-state index >= 15 is 0 Å². The van der Waals surface area contributed by atoms with Gasteiger partial charge in [0.1, 0.15) is 0 Å². The van der Waals surface area contributed by atoms with Crippen LogP contribution in [0, 0.1) is 0 Å². The van der Waals surface area contributed by atoms with Crippen LogP contribution in [-0.4, -0.2) is 6.21 Å². The molecule has 0 aliphatic carbocycles. The van der Waals surface area contributed by atoms with Gasteiger partial charge in [0.05, 0.1) is 0 Å². The molecule has 0 saturated carbocycles. The molecule has 2 heteroatoms. The lowest BCUT2D eigenvalue weighted by Gasteiger charge is -1.75. The molecule has 0 fully saturated rings. The van der Waals surface area contributed by atoms with Crippen LogP contribution in [0.2, 0.25) is 0 Å². The maximum atomic E-state index is 3.88. The molecule has 0 aliphatic heterocycles. The van der Waals surface area contributed by atoms with E-state index < -0.39 is 0 Å². The normalized spacial score (nSPS) is 9.86. The van der Waals surface area contributed by atoms with Crippen molar-refractivity contribution in [2.75, 3.05) is 0 Å². The molecule has 0 amide bonds. The van der Waals surface area contributed by atoms with E-state index in [9.17, 15) is 0 Å². The van der Waals surface area contributed by atoms with E-state index in [4.69, 9.17) is 0 Å². The zero-order valence-corrected chi connectivity index (χ0v) is 5.24. The first-order valence-corrected chi connectivity index (χ1v) is 3.04. The monoisotopic (exact) mass is 115 g/mol. The molecule has 0 spiro atoms. The predicted molar refractivity (Wildman–Crippen MR) is 36.6 cm³/mol. The molecule has 0 aromatic heterocycles. The Bertz CT molecular complexity index is 68.5. The molecule has 0 atom stereocenters. The molecular weight excluding hydrogens is 106 g/mol. The van der Waals surface area contributed by atoms with E-state index in [1.54, 1.807) is 5.41 Å². The summed E-state index contributed by atoms with van der Waals surface area (Å²) in [6, 6.07) is 0. The summed E-state index contributed by atoms with van der Waals surface area (Å²) in [7, 11) is 0. The van der Waals surface area contributed by atoms with Gasteiger partial charge in [-0.1, -0.05) is 13.5 Å². The van der Waals surface area contributed by atoms with E-state index in [-0.39, 0.29) is 0 Å². The lowest BCUT2D eigenvalue weighted by atomic mass is 10.6. The molecule has 0 saturated heterocycles. The van der Waals surface area contributed by atoms with Crippen molar-refractivity contribution in [3.05, 3.63) is 12.0 Å². The Hall–Kier alpha value is -0.240. The van der Waals surface area contributed by atoms with Crippen LogP contribution in [0.4, 0.5) is 0 Å². The third-order valence-corrected chi connectivity index (χ3v) is 0.812. The zero-order valence-electron chi connectivity index (χ0n) is 4.42. The quantitative estimate of drug-likeness (QED) is 0.406. The van der Waals surface area contributed by atoms with Crippen molar-refractivity contribution in [1.29, 1.82) is 0 Å². The number of hydrogen-bond acceptors (Lipinski definition) is 2. The summed E-state index contributed by atoms with van der Waals surface area (Å²) < 4.78 is 3.88. The largest absolute Gasteiger partial charge is 0.224 e. The summed E-state index contributed by atoms with van der Waals surface area (Å²) in [5, 5.41) is 1.70. The third-order valence-electron chi connectivity index (χ3n) is 0.393. The van der Waals surface area contributed by atoms with Crippen LogP contribution < -0.4 is 0 Å². The smallest absolute Gasteiger partial charge is 0.0127 e. The summed E-state index contributed by atoms with van der Waals surface area (Å²) in [6.07, 6.45) is 2.85. The Labute approximate surface area is 48.7 Å². The maximum absolute atomic E-state index is 3.88. The summed E-state index contributed by atoms with van der Waals surface area (Å²) in [6.45, 7) is 5.53. The van der Waals surface area contributed by atoms with E-state index in [1.807, 2.05) is 13.1 Å². The van der Waals surface area contributed by atoms with Crippen LogP contribution >= 0.6 is 11.9 Å². The summed E-state index contributed by atoms with van der Waals surface area (Å²) in [5.74, 6) is 0. The maximum Gasteiger partial charge on any atom is 0.0127 e. The number of rotatable bonds is 3. The van der Waals surface area contributed by atoms with Crippen molar-refractivity contribution in [2.45, 2.75) is 13.3 Å². The van der Waals surface area contributed by atoms with Crippen LogP contribution in [0.3, 0.4) is 0 Å². The molecule has 7 heavy (non-hydrogen) atoms. The van der Waals surface area contributed by atoms with Gasteiger partial charge < -0.3 is 0 Å². The van der Waals surface area contributed by atoms with Crippen LogP contribution in [-0.2, 0) is 0 Å². The van der Waals surface area contributed by atoms with Crippen molar-refractivity contribution in [2.24, 2.45) is 4.40 Å². The molecule has 40 valence electrons. The fourth-order valence-corrected chi connectivity index (χ4v) is 0.482. The van der Waals surface area contributed by atoms with E-state index in [0.29, 0.717) is 0 Å². The first kappa shape index (κ1) is 6.76. The van der Waals surface area contributed by atoms with Crippen LogP contribution in [0.25, 0.3) is 0 Å². The van der Waals surface area contributed by atoms with Gasteiger partial charge in [0.2, 0.25) is 0 Å². The van der Waals surface area contributed by atoms with Gasteiger partial charge in [0, 0.05) is 18.2 Å². The van der Waals surface area contributed by atoms with E-state index in [0.717, 1.165) is 6.42 Å². The van der Waals surface area contributed by atoms with E-state index in [2.05, 4.69) is 11.0 Å². The summed E-state index contributed by atoms with van der Waals surface area (Å²) in [4.78, 5) is 0. The highest BCUT2D eigenvalue weighted by atomic mass is 32.2. The highest BCUT2D eigenvalue weighted by Gasteiger charge is 1.64. The molecule has 0 bridgehead atoms. The van der Waals surface area contributed by atoms with Gasteiger partial charge in [0.25, 0.3) is 0 Å². The van der Waals surface area contributed by atoms with Crippen LogP contribution in [0.5, 0.6) is 0 Å². The predicted octanol–water partition coefficient (Wildman–Crippen LogP) is 2.26. The first-order valence-electron chi connectivity index (χ1n) is 2.20. The summed E-state index contributed by atoms with van der Waals surface area (Å²) >= 11 is 1.37. The van der Waals surface area contributed by atoms with Crippen molar-refractivity contribution in [3.63, 3.8) is 0 Å². The lowest BCUT2D eigenvalue weighted by Crippen LogP contribution is -1.59. The Morgan fingerprint density at radius 3 is 3.00 bits per heavy atom. The fourth-order valence-electron chi connectivity index (χ4n) is 0.161. The summed E-state index contributed by atoms with van der Waals surface area (Å²) in [5.41, 5.74) is 0. The zero-order chi connectivity index (χ0) is 5.54. The topological polar surface area (TPSA) is 12.4 Å². The molecule has 0 aromatic rings. The Morgan fingerprint density at radius 2 is 2.57 bits per heavy atom. The first-order chi connectivity index (χ1) is 3.41. The van der Waals surface area contributed by atoms with Gasteiger partial charge in [-0.3, -0.25) is 0 Å². The van der Waals surface area contributed by atoms with Crippen molar-refractivity contribution in [1.82, 2.24) is 0 Å². The highest BCUT2D eigenvalue weighted by molar-refractivity contribution is 8.00. The highest BCUT2D eigenvalue weighted by Crippen LogP contribution is 1.98. The molecule has 0 rings (SSSR count). The average molecular weight is 115 g/mol. The minimum Gasteiger partial charge on any atom is -0.224 e. The molecule has 0 N–H and O–H groups in total. The second-order valence-electron chi connectivity index (χ2n) is 0.968. The minimum absolute atomic E-state index is 1.00. The molecule has 0 aliphatic rings. The molecule has 0 radical (unpaired) electrons. The van der Waals surface area contributed by atoms with Crippen molar-refractivity contribution in [3.8, 4) is 0 Å². The van der Waals surface area contributed by atoms with Gasteiger partial charge in [-0.2, -0.15) is 0 Å². The molecule has 0 aromatic carbocycles.